The van der Waals surface area contributed by atoms with Gasteiger partial charge in [0.15, 0.2) is 11.5 Å². The van der Waals surface area contributed by atoms with E-state index >= 15 is 0 Å². The van der Waals surface area contributed by atoms with Crippen molar-refractivity contribution in [2.24, 2.45) is 11.8 Å². The van der Waals surface area contributed by atoms with Gasteiger partial charge < -0.3 is 19.7 Å². The van der Waals surface area contributed by atoms with E-state index in [9.17, 15) is 9.59 Å². The van der Waals surface area contributed by atoms with Crippen LogP contribution in [-0.2, 0) is 4.79 Å². The summed E-state index contributed by atoms with van der Waals surface area (Å²) in [7, 11) is 3.16. The van der Waals surface area contributed by atoms with Crippen molar-refractivity contribution in [2.45, 2.75) is 19.8 Å². The van der Waals surface area contributed by atoms with Crippen LogP contribution in [-0.4, -0.2) is 50.6 Å². The Morgan fingerprint density at radius 1 is 1.13 bits per heavy atom. The zero-order valence-corrected chi connectivity index (χ0v) is 19.1. The maximum absolute atomic E-state index is 13.2. The summed E-state index contributed by atoms with van der Waals surface area (Å²) in [6.45, 7) is 5.40. The highest BCUT2D eigenvalue weighted by atomic mass is 35.5. The first-order chi connectivity index (χ1) is 14.8. The van der Waals surface area contributed by atoms with E-state index in [-0.39, 0.29) is 17.7 Å². The molecule has 1 aliphatic rings. The average Bonchev–Trinajstić information content (AvgIpc) is 3.21. The second-order valence-corrected chi connectivity index (χ2v) is 8.59. The molecule has 7 heteroatoms. The lowest BCUT2D eigenvalue weighted by Crippen LogP contribution is -2.37. The van der Waals surface area contributed by atoms with Crippen LogP contribution in [0.3, 0.4) is 0 Å². The van der Waals surface area contributed by atoms with Gasteiger partial charge in [0.1, 0.15) is 0 Å². The molecule has 0 aromatic heterocycles. The fourth-order valence-electron chi connectivity index (χ4n) is 3.99. The molecule has 0 aliphatic carbocycles. The molecule has 0 unspecified atom stereocenters. The molecule has 31 heavy (non-hydrogen) atoms. The largest absolute Gasteiger partial charge is 0.493 e. The number of halogens is 1. The molecule has 166 valence electrons. The van der Waals surface area contributed by atoms with E-state index in [1.807, 2.05) is 32.0 Å². The molecule has 0 bridgehead atoms. The van der Waals surface area contributed by atoms with E-state index in [0.717, 1.165) is 5.56 Å². The van der Waals surface area contributed by atoms with E-state index in [0.29, 0.717) is 47.6 Å². The first kappa shape index (κ1) is 22.9. The Kier molecular flexibility index (Phi) is 7.44. The lowest BCUT2D eigenvalue weighted by atomic mass is 9.87. The van der Waals surface area contributed by atoms with Gasteiger partial charge in [-0.05, 0) is 30.2 Å². The molecule has 0 radical (unpaired) electrons. The average molecular weight is 445 g/mol. The van der Waals surface area contributed by atoms with Gasteiger partial charge in [0.05, 0.1) is 20.1 Å². The maximum Gasteiger partial charge on any atom is 0.253 e. The van der Waals surface area contributed by atoms with Crippen LogP contribution < -0.4 is 14.8 Å². The number of rotatable bonds is 7. The Balaban J connectivity index is 1.95. The van der Waals surface area contributed by atoms with Crippen molar-refractivity contribution in [2.75, 3.05) is 33.9 Å². The van der Waals surface area contributed by atoms with Gasteiger partial charge in [0, 0.05) is 41.7 Å². The number of hydrogen-bond acceptors (Lipinski definition) is 4. The quantitative estimate of drug-likeness (QED) is 0.701. The molecule has 1 heterocycles. The summed E-state index contributed by atoms with van der Waals surface area (Å²) in [4.78, 5) is 28.0. The van der Waals surface area contributed by atoms with Crippen LogP contribution in [0.25, 0.3) is 0 Å². The molecular weight excluding hydrogens is 416 g/mol. The lowest BCUT2D eigenvalue weighted by molar-refractivity contribution is -0.125. The van der Waals surface area contributed by atoms with E-state index in [2.05, 4.69) is 5.32 Å². The van der Waals surface area contributed by atoms with Crippen molar-refractivity contribution in [3.8, 4) is 11.5 Å². The minimum Gasteiger partial charge on any atom is -0.493 e. The number of nitrogens with zero attached hydrogens (tertiary/aromatic N) is 1. The third-order valence-corrected chi connectivity index (χ3v) is 5.77. The van der Waals surface area contributed by atoms with Crippen LogP contribution in [0.1, 0.15) is 35.7 Å². The molecular formula is C24H29ClN2O4. The minimum absolute atomic E-state index is 0.0648. The Morgan fingerprint density at radius 2 is 1.87 bits per heavy atom. The van der Waals surface area contributed by atoms with Gasteiger partial charge in [0.2, 0.25) is 5.91 Å². The number of carbonyl (C=O) groups excluding carboxylic acids is 2. The number of amides is 2. The highest BCUT2D eigenvalue weighted by molar-refractivity contribution is 6.30. The van der Waals surface area contributed by atoms with Crippen molar-refractivity contribution in [3.63, 3.8) is 0 Å². The first-order valence-electron chi connectivity index (χ1n) is 10.4. The van der Waals surface area contributed by atoms with Crippen molar-refractivity contribution in [3.05, 3.63) is 58.6 Å². The smallest absolute Gasteiger partial charge is 0.253 e. The summed E-state index contributed by atoms with van der Waals surface area (Å²) in [5, 5.41) is 3.53. The molecule has 2 aromatic rings. The molecule has 2 atom stereocenters. The number of likely N-dealkylation sites (tertiary alicyclic amines) is 1. The Hall–Kier alpha value is -2.73. The molecule has 1 fully saturated rings. The molecule has 6 nitrogen and oxygen atoms in total. The topological polar surface area (TPSA) is 67.9 Å². The number of carbonyl (C=O) groups is 2. The maximum atomic E-state index is 13.2. The Labute approximate surface area is 188 Å². The van der Waals surface area contributed by atoms with Crippen molar-refractivity contribution >= 4 is 23.4 Å². The van der Waals surface area contributed by atoms with Crippen molar-refractivity contribution in [1.82, 2.24) is 10.2 Å². The molecule has 0 saturated carbocycles. The third kappa shape index (κ3) is 5.13. The second-order valence-electron chi connectivity index (χ2n) is 8.16. The Bertz CT molecular complexity index is 947. The highest BCUT2D eigenvalue weighted by Crippen LogP contribution is 2.42. The van der Waals surface area contributed by atoms with Crippen LogP contribution in [0.2, 0.25) is 5.02 Å². The number of hydrogen-bond donors (Lipinski definition) is 1. The first-order valence-corrected chi connectivity index (χ1v) is 10.8. The van der Waals surface area contributed by atoms with Gasteiger partial charge in [-0.15, -0.1) is 0 Å². The fourth-order valence-corrected chi connectivity index (χ4v) is 4.18. The zero-order valence-electron chi connectivity index (χ0n) is 18.4. The molecule has 3 rings (SSSR count). The van der Waals surface area contributed by atoms with Crippen LogP contribution in [0.5, 0.6) is 11.5 Å². The van der Waals surface area contributed by atoms with E-state index in [1.54, 1.807) is 43.4 Å². The van der Waals surface area contributed by atoms with Gasteiger partial charge in [0.25, 0.3) is 5.91 Å². The van der Waals surface area contributed by atoms with Gasteiger partial charge in [-0.3, -0.25) is 9.59 Å². The number of benzene rings is 2. The van der Waals surface area contributed by atoms with Gasteiger partial charge >= 0.3 is 0 Å². The Morgan fingerprint density at radius 3 is 2.52 bits per heavy atom. The van der Waals surface area contributed by atoms with Crippen molar-refractivity contribution < 1.29 is 19.1 Å². The lowest BCUT2D eigenvalue weighted by Gasteiger charge is -2.22. The highest BCUT2D eigenvalue weighted by Gasteiger charge is 2.42. The predicted molar refractivity (Wildman–Crippen MR) is 121 cm³/mol. The predicted octanol–water partition coefficient (Wildman–Crippen LogP) is 3.99. The standard InChI is InChI=1S/C24H29ClN2O4/c1-15(2)12-26-23(28)20-14-27(24(29)16-7-5-8-17(25)11-16)13-19(20)18-9-6-10-21(30-3)22(18)31-4/h5-11,15,19-20H,12-14H2,1-4H3,(H,26,28)/t19-,20-/m1/s1. The number of methoxy groups -OCH3 is 2. The summed E-state index contributed by atoms with van der Waals surface area (Å²) in [6, 6.07) is 12.5. The summed E-state index contributed by atoms with van der Waals surface area (Å²) < 4.78 is 11.1. The SMILES string of the molecule is COc1cccc([C@H]2CN(C(=O)c3cccc(Cl)c3)C[C@H]2C(=O)NCC(C)C)c1OC. The second kappa shape index (κ2) is 10.1. The minimum atomic E-state index is -0.400. The van der Waals surface area contributed by atoms with Crippen LogP contribution in [0.15, 0.2) is 42.5 Å². The normalized spacial score (nSPS) is 18.2. The van der Waals surface area contributed by atoms with E-state index in [1.165, 1.54) is 0 Å². The number of para-hydroxylation sites is 1. The van der Waals surface area contributed by atoms with E-state index < -0.39 is 5.92 Å². The van der Waals surface area contributed by atoms with E-state index in [4.69, 9.17) is 21.1 Å². The van der Waals surface area contributed by atoms with Gasteiger partial charge in [-0.1, -0.05) is 43.6 Å². The fraction of sp³-hybridized carbons (Fsp3) is 0.417. The number of nitrogens with one attached hydrogen (secondary N) is 1. The van der Waals surface area contributed by atoms with Crippen LogP contribution in [0.4, 0.5) is 0 Å². The van der Waals surface area contributed by atoms with Crippen LogP contribution in [0, 0.1) is 11.8 Å². The summed E-state index contributed by atoms with van der Waals surface area (Å²) >= 11 is 6.08. The molecule has 2 amide bonds. The van der Waals surface area contributed by atoms with Gasteiger partial charge in [-0.2, -0.15) is 0 Å². The third-order valence-electron chi connectivity index (χ3n) is 5.53. The molecule has 1 N–H and O–H groups in total. The molecule has 1 saturated heterocycles. The monoisotopic (exact) mass is 444 g/mol. The zero-order chi connectivity index (χ0) is 22.5. The molecule has 2 aromatic carbocycles. The molecule has 1 aliphatic heterocycles. The van der Waals surface area contributed by atoms with Crippen molar-refractivity contribution in [1.29, 1.82) is 0 Å². The molecule has 0 spiro atoms. The number of ether oxygens (including phenoxy) is 2. The van der Waals surface area contributed by atoms with Crippen LogP contribution >= 0.6 is 11.6 Å². The summed E-state index contributed by atoms with van der Waals surface area (Å²) in [5.41, 5.74) is 1.36. The summed E-state index contributed by atoms with van der Waals surface area (Å²) in [5.74, 6) is 0.691. The summed E-state index contributed by atoms with van der Waals surface area (Å²) in [6.07, 6.45) is 0. The van der Waals surface area contributed by atoms with Gasteiger partial charge in [-0.25, -0.2) is 0 Å².